The summed E-state index contributed by atoms with van der Waals surface area (Å²) in [4.78, 5) is 23.6. The minimum atomic E-state index is -0.235. The van der Waals surface area contributed by atoms with Crippen LogP contribution in [0.4, 0.5) is 5.69 Å². The number of rotatable bonds is 5. The molecule has 0 unspecified atom stereocenters. The second-order valence-corrected chi connectivity index (χ2v) is 5.35. The molecule has 0 fully saturated rings. The maximum atomic E-state index is 11.8. The Morgan fingerprint density at radius 2 is 1.36 bits per heavy atom. The smallest absolute Gasteiger partial charge is 0.243 e. The van der Waals surface area contributed by atoms with Crippen LogP contribution < -0.4 is 10.6 Å². The van der Waals surface area contributed by atoms with E-state index in [4.69, 9.17) is 0 Å². The number of anilines is 1. The van der Waals surface area contributed by atoms with E-state index in [1.165, 1.54) is 0 Å². The number of aryl methyl sites for hydroxylation is 2. The third-order valence-corrected chi connectivity index (χ3v) is 3.27. The zero-order valence-electron chi connectivity index (χ0n) is 12.8. The van der Waals surface area contributed by atoms with Gasteiger partial charge in [-0.2, -0.15) is 0 Å². The molecule has 0 aliphatic rings. The predicted octanol–water partition coefficient (Wildman–Crippen LogP) is 2.60. The van der Waals surface area contributed by atoms with E-state index < -0.39 is 0 Å². The molecule has 0 saturated carbocycles. The molecule has 2 aromatic carbocycles. The largest absolute Gasteiger partial charge is 0.347 e. The summed E-state index contributed by atoms with van der Waals surface area (Å²) in [5, 5.41) is 5.37. The van der Waals surface area contributed by atoms with Gasteiger partial charge in [-0.15, -0.1) is 0 Å². The summed E-state index contributed by atoms with van der Waals surface area (Å²) in [6.07, 6.45) is 0.276. The average molecular weight is 296 g/mol. The lowest BCUT2D eigenvalue weighted by molar-refractivity contribution is -0.123. The van der Waals surface area contributed by atoms with E-state index in [1.807, 2.05) is 62.4 Å². The lowest BCUT2D eigenvalue weighted by atomic mass is 10.1. The van der Waals surface area contributed by atoms with E-state index >= 15 is 0 Å². The Morgan fingerprint density at radius 1 is 0.818 bits per heavy atom. The maximum Gasteiger partial charge on any atom is 0.243 e. The van der Waals surface area contributed by atoms with Crippen molar-refractivity contribution in [3.8, 4) is 0 Å². The standard InChI is InChI=1S/C18H20N2O2/c1-13-3-7-15(8-4-13)11-17(21)19-12-18(22)20-16-9-5-14(2)6-10-16/h3-10H,11-12H2,1-2H3,(H,19,21)(H,20,22). The van der Waals surface area contributed by atoms with E-state index in [0.29, 0.717) is 0 Å². The lowest BCUT2D eigenvalue weighted by Gasteiger charge is -2.07. The van der Waals surface area contributed by atoms with Crippen molar-refractivity contribution in [2.45, 2.75) is 20.3 Å². The van der Waals surface area contributed by atoms with Gasteiger partial charge in [-0.1, -0.05) is 47.5 Å². The van der Waals surface area contributed by atoms with Crippen LogP contribution in [-0.4, -0.2) is 18.4 Å². The fourth-order valence-corrected chi connectivity index (χ4v) is 1.97. The van der Waals surface area contributed by atoms with Gasteiger partial charge in [0.25, 0.3) is 0 Å². The Hall–Kier alpha value is -2.62. The Morgan fingerprint density at radius 3 is 1.95 bits per heavy atom. The Labute approximate surface area is 130 Å². The van der Waals surface area contributed by atoms with Crippen LogP contribution in [0.5, 0.6) is 0 Å². The summed E-state index contributed by atoms with van der Waals surface area (Å²) in [7, 11) is 0. The summed E-state index contributed by atoms with van der Waals surface area (Å²) in [6, 6.07) is 15.3. The molecule has 0 heterocycles. The van der Waals surface area contributed by atoms with Crippen LogP contribution in [0, 0.1) is 13.8 Å². The Bertz CT molecular complexity index is 586. The first-order valence-corrected chi connectivity index (χ1v) is 7.22. The SMILES string of the molecule is Cc1ccc(CC(=O)NCC(=O)Nc2ccc(C)cc2)cc1. The molecular formula is C18H20N2O2. The third-order valence-electron chi connectivity index (χ3n) is 3.27. The quantitative estimate of drug-likeness (QED) is 0.891. The zero-order chi connectivity index (χ0) is 15.9. The maximum absolute atomic E-state index is 11.8. The second-order valence-electron chi connectivity index (χ2n) is 5.35. The summed E-state index contributed by atoms with van der Waals surface area (Å²) in [5.41, 5.74) is 3.94. The molecule has 114 valence electrons. The number of carbonyl (C=O) groups excluding carboxylic acids is 2. The van der Waals surface area contributed by atoms with Crippen LogP contribution in [0.3, 0.4) is 0 Å². The van der Waals surface area contributed by atoms with E-state index in [-0.39, 0.29) is 24.8 Å². The summed E-state index contributed by atoms with van der Waals surface area (Å²) in [5.74, 6) is -0.399. The van der Waals surface area contributed by atoms with E-state index in [0.717, 1.165) is 22.4 Å². The summed E-state index contributed by atoms with van der Waals surface area (Å²) in [6.45, 7) is 3.95. The van der Waals surface area contributed by atoms with Crippen LogP contribution in [0.25, 0.3) is 0 Å². The molecule has 22 heavy (non-hydrogen) atoms. The second kappa shape index (κ2) is 7.41. The van der Waals surface area contributed by atoms with Crippen molar-refractivity contribution in [2.75, 3.05) is 11.9 Å². The molecule has 2 rings (SSSR count). The molecule has 4 heteroatoms. The Balaban J connectivity index is 1.76. The zero-order valence-corrected chi connectivity index (χ0v) is 12.8. The summed E-state index contributed by atoms with van der Waals surface area (Å²) >= 11 is 0. The van der Waals surface area contributed by atoms with Crippen LogP contribution in [0.1, 0.15) is 16.7 Å². The van der Waals surface area contributed by atoms with Crippen LogP contribution in [0.2, 0.25) is 0 Å². The highest BCUT2D eigenvalue weighted by molar-refractivity contribution is 5.94. The topological polar surface area (TPSA) is 58.2 Å². The monoisotopic (exact) mass is 296 g/mol. The number of hydrogen-bond donors (Lipinski definition) is 2. The molecule has 2 aromatic rings. The third kappa shape index (κ3) is 5.05. The van der Waals surface area contributed by atoms with Gasteiger partial charge >= 0.3 is 0 Å². The van der Waals surface area contributed by atoms with Crippen LogP contribution in [-0.2, 0) is 16.0 Å². The van der Waals surface area contributed by atoms with Crippen LogP contribution in [0.15, 0.2) is 48.5 Å². The molecule has 0 bridgehead atoms. The molecule has 4 nitrogen and oxygen atoms in total. The fraction of sp³-hybridized carbons (Fsp3) is 0.222. The molecule has 0 radical (unpaired) electrons. The van der Waals surface area contributed by atoms with Gasteiger partial charge in [-0.25, -0.2) is 0 Å². The highest BCUT2D eigenvalue weighted by Crippen LogP contribution is 2.08. The van der Waals surface area contributed by atoms with Gasteiger partial charge in [0.2, 0.25) is 11.8 Å². The molecule has 2 amide bonds. The van der Waals surface area contributed by atoms with Gasteiger partial charge in [0.05, 0.1) is 13.0 Å². The molecular weight excluding hydrogens is 276 g/mol. The number of carbonyl (C=O) groups is 2. The summed E-state index contributed by atoms with van der Waals surface area (Å²) < 4.78 is 0. The highest BCUT2D eigenvalue weighted by atomic mass is 16.2. The number of nitrogens with one attached hydrogen (secondary N) is 2. The molecule has 0 aliphatic heterocycles. The molecule has 0 aromatic heterocycles. The van der Waals surface area contributed by atoms with Crippen molar-refractivity contribution >= 4 is 17.5 Å². The first-order chi connectivity index (χ1) is 10.5. The van der Waals surface area contributed by atoms with E-state index in [1.54, 1.807) is 0 Å². The normalized spacial score (nSPS) is 10.1. The van der Waals surface area contributed by atoms with E-state index in [9.17, 15) is 9.59 Å². The molecule has 0 atom stereocenters. The Kier molecular flexibility index (Phi) is 5.31. The van der Waals surface area contributed by atoms with Crippen molar-refractivity contribution in [3.05, 3.63) is 65.2 Å². The number of amides is 2. The molecule has 0 spiro atoms. The van der Waals surface area contributed by atoms with Gasteiger partial charge in [-0.3, -0.25) is 9.59 Å². The van der Waals surface area contributed by atoms with Gasteiger partial charge in [0.1, 0.15) is 0 Å². The molecule has 0 saturated heterocycles. The lowest BCUT2D eigenvalue weighted by Crippen LogP contribution is -2.33. The minimum absolute atomic E-state index is 0.0292. The van der Waals surface area contributed by atoms with Gasteiger partial charge in [0, 0.05) is 5.69 Å². The number of hydrogen-bond acceptors (Lipinski definition) is 2. The van der Waals surface area contributed by atoms with Crippen molar-refractivity contribution in [1.29, 1.82) is 0 Å². The van der Waals surface area contributed by atoms with Crippen molar-refractivity contribution in [1.82, 2.24) is 5.32 Å². The first kappa shape index (κ1) is 15.8. The van der Waals surface area contributed by atoms with Crippen molar-refractivity contribution in [3.63, 3.8) is 0 Å². The molecule has 0 aliphatic carbocycles. The molecule has 2 N–H and O–H groups in total. The first-order valence-electron chi connectivity index (χ1n) is 7.22. The van der Waals surface area contributed by atoms with Crippen molar-refractivity contribution in [2.24, 2.45) is 0 Å². The highest BCUT2D eigenvalue weighted by Gasteiger charge is 2.07. The van der Waals surface area contributed by atoms with Crippen molar-refractivity contribution < 1.29 is 9.59 Å². The van der Waals surface area contributed by atoms with E-state index in [2.05, 4.69) is 10.6 Å². The predicted molar refractivity (Wildman–Crippen MR) is 87.7 cm³/mol. The minimum Gasteiger partial charge on any atom is -0.347 e. The van der Waals surface area contributed by atoms with Crippen LogP contribution >= 0.6 is 0 Å². The average Bonchev–Trinajstić information content (AvgIpc) is 2.50. The van der Waals surface area contributed by atoms with Gasteiger partial charge in [0.15, 0.2) is 0 Å². The van der Waals surface area contributed by atoms with Gasteiger partial charge < -0.3 is 10.6 Å². The fourth-order valence-electron chi connectivity index (χ4n) is 1.97. The van der Waals surface area contributed by atoms with Gasteiger partial charge in [-0.05, 0) is 31.5 Å². The number of benzene rings is 2.